The summed E-state index contributed by atoms with van der Waals surface area (Å²) in [5, 5.41) is 7.03. The summed E-state index contributed by atoms with van der Waals surface area (Å²) < 4.78 is 51.4. The lowest BCUT2D eigenvalue weighted by atomic mass is 10.1. The van der Waals surface area contributed by atoms with E-state index >= 15 is 0 Å². The van der Waals surface area contributed by atoms with Gasteiger partial charge in [0.05, 0.1) is 0 Å². The molecule has 0 aliphatic carbocycles. The SMILES string of the molecule is COCc1noc(-c2ccc(-c3noc(C(F)(F)F)n3)cc2)n1. The van der Waals surface area contributed by atoms with Gasteiger partial charge in [0.2, 0.25) is 5.82 Å². The minimum Gasteiger partial charge on any atom is -0.377 e. The van der Waals surface area contributed by atoms with Crippen LogP contribution in [0, 0.1) is 0 Å². The first kappa shape index (κ1) is 15.2. The maximum atomic E-state index is 12.4. The molecular weight excluding hydrogens is 317 g/mol. The molecule has 0 saturated carbocycles. The van der Waals surface area contributed by atoms with Crippen LogP contribution in [0.5, 0.6) is 0 Å². The molecule has 0 atom stereocenters. The van der Waals surface area contributed by atoms with Gasteiger partial charge < -0.3 is 13.8 Å². The summed E-state index contributed by atoms with van der Waals surface area (Å²) in [5.74, 6) is -0.889. The van der Waals surface area contributed by atoms with Crippen molar-refractivity contribution in [2.24, 2.45) is 0 Å². The first-order chi connectivity index (χ1) is 11.0. The van der Waals surface area contributed by atoms with Crippen LogP contribution in [0.4, 0.5) is 13.2 Å². The van der Waals surface area contributed by atoms with E-state index in [1.807, 2.05) is 0 Å². The van der Waals surface area contributed by atoms with Crippen LogP contribution in [0.3, 0.4) is 0 Å². The molecule has 0 unspecified atom stereocenters. The monoisotopic (exact) mass is 326 g/mol. The molecule has 0 N–H and O–H groups in total. The Morgan fingerprint density at radius 1 is 1.00 bits per heavy atom. The second-order valence-electron chi connectivity index (χ2n) is 4.45. The van der Waals surface area contributed by atoms with Gasteiger partial charge in [-0.2, -0.15) is 23.1 Å². The van der Waals surface area contributed by atoms with Crippen LogP contribution >= 0.6 is 0 Å². The predicted octanol–water partition coefficient (Wildman–Crippen LogP) is 2.95. The summed E-state index contributed by atoms with van der Waals surface area (Å²) in [6.45, 7) is 0.213. The van der Waals surface area contributed by atoms with Crippen molar-refractivity contribution in [2.45, 2.75) is 12.8 Å². The first-order valence-corrected chi connectivity index (χ1v) is 6.30. The summed E-state index contributed by atoms with van der Waals surface area (Å²) in [4.78, 5) is 7.42. The number of methoxy groups -OCH3 is 1. The highest BCUT2D eigenvalue weighted by Crippen LogP contribution is 2.29. The predicted molar refractivity (Wildman–Crippen MR) is 68.7 cm³/mol. The Bertz CT molecular complexity index is 795. The topological polar surface area (TPSA) is 87.1 Å². The van der Waals surface area contributed by atoms with Crippen LogP contribution in [-0.4, -0.2) is 27.4 Å². The lowest BCUT2D eigenvalue weighted by Crippen LogP contribution is -2.04. The molecule has 10 heteroatoms. The summed E-state index contributed by atoms with van der Waals surface area (Å²) >= 11 is 0. The summed E-state index contributed by atoms with van der Waals surface area (Å²) in [5.41, 5.74) is 0.966. The highest BCUT2D eigenvalue weighted by atomic mass is 19.4. The van der Waals surface area contributed by atoms with Gasteiger partial charge in [-0.05, 0) is 12.1 Å². The number of rotatable bonds is 4. The maximum absolute atomic E-state index is 12.4. The molecule has 0 saturated heterocycles. The Kier molecular flexibility index (Phi) is 3.82. The second kappa shape index (κ2) is 5.80. The van der Waals surface area contributed by atoms with Crippen molar-refractivity contribution in [3.05, 3.63) is 36.0 Å². The molecule has 0 fully saturated rings. The Hall–Kier alpha value is -2.75. The fourth-order valence-corrected chi connectivity index (χ4v) is 1.78. The van der Waals surface area contributed by atoms with Crippen LogP contribution in [0.1, 0.15) is 11.7 Å². The van der Waals surface area contributed by atoms with Crippen molar-refractivity contribution in [1.82, 2.24) is 20.3 Å². The highest BCUT2D eigenvalue weighted by molar-refractivity contribution is 5.61. The zero-order valence-electron chi connectivity index (χ0n) is 11.7. The lowest BCUT2D eigenvalue weighted by molar-refractivity contribution is -0.159. The number of halogens is 3. The van der Waals surface area contributed by atoms with Gasteiger partial charge in [0.15, 0.2) is 5.82 Å². The first-order valence-electron chi connectivity index (χ1n) is 6.30. The lowest BCUT2D eigenvalue weighted by Gasteiger charge is -1.97. The molecule has 2 heterocycles. The molecule has 0 radical (unpaired) electrons. The van der Waals surface area contributed by atoms with E-state index in [1.165, 1.54) is 19.2 Å². The smallest absolute Gasteiger partial charge is 0.377 e. The molecule has 3 rings (SSSR count). The average Bonchev–Trinajstić information content (AvgIpc) is 3.16. The molecule has 23 heavy (non-hydrogen) atoms. The van der Waals surface area contributed by atoms with Crippen LogP contribution in [-0.2, 0) is 17.5 Å². The summed E-state index contributed by atoms with van der Waals surface area (Å²) in [6.07, 6.45) is -4.67. The van der Waals surface area contributed by atoms with Crippen LogP contribution < -0.4 is 0 Å². The molecular formula is C13H9F3N4O3. The molecule has 0 bridgehead atoms. The Labute approximate surface area is 127 Å². The standard InChI is InChI=1S/C13H9F3N4O3/c1-21-6-9-17-11(22-19-9)8-4-2-7(3-5-8)10-18-12(23-20-10)13(14,15)16/h2-5H,6H2,1H3. The molecule has 0 spiro atoms. The summed E-state index contributed by atoms with van der Waals surface area (Å²) in [6, 6.07) is 6.26. The number of nitrogens with zero attached hydrogens (tertiary/aromatic N) is 4. The Morgan fingerprint density at radius 3 is 2.30 bits per heavy atom. The summed E-state index contributed by atoms with van der Waals surface area (Å²) in [7, 11) is 1.50. The quantitative estimate of drug-likeness (QED) is 0.728. The van der Waals surface area contributed by atoms with Crippen molar-refractivity contribution < 1.29 is 27.0 Å². The Morgan fingerprint density at radius 2 is 1.70 bits per heavy atom. The van der Waals surface area contributed by atoms with Gasteiger partial charge in [-0.3, -0.25) is 0 Å². The van der Waals surface area contributed by atoms with Crippen molar-refractivity contribution in [2.75, 3.05) is 7.11 Å². The molecule has 0 amide bonds. The van der Waals surface area contributed by atoms with E-state index in [2.05, 4.69) is 24.8 Å². The van der Waals surface area contributed by atoms with Gasteiger partial charge in [-0.15, -0.1) is 0 Å². The van der Waals surface area contributed by atoms with Gasteiger partial charge in [0, 0.05) is 18.2 Å². The molecule has 1 aromatic carbocycles. The fourth-order valence-electron chi connectivity index (χ4n) is 1.78. The van der Waals surface area contributed by atoms with E-state index in [0.29, 0.717) is 17.0 Å². The molecule has 7 nitrogen and oxygen atoms in total. The van der Waals surface area contributed by atoms with Crippen molar-refractivity contribution in [1.29, 1.82) is 0 Å². The number of alkyl halides is 3. The molecule has 120 valence electrons. The third-order valence-corrected chi connectivity index (χ3v) is 2.80. The maximum Gasteiger partial charge on any atom is 0.471 e. The van der Waals surface area contributed by atoms with Crippen molar-refractivity contribution in [3.8, 4) is 22.8 Å². The van der Waals surface area contributed by atoms with E-state index in [-0.39, 0.29) is 18.3 Å². The highest BCUT2D eigenvalue weighted by Gasteiger charge is 2.38. The van der Waals surface area contributed by atoms with Gasteiger partial charge in [0.25, 0.3) is 5.89 Å². The third kappa shape index (κ3) is 3.21. The van der Waals surface area contributed by atoms with E-state index in [4.69, 9.17) is 9.26 Å². The van der Waals surface area contributed by atoms with Crippen LogP contribution in [0.15, 0.2) is 33.3 Å². The number of ether oxygens (including phenoxy) is 1. The fraction of sp³-hybridized carbons (Fsp3) is 0.231. The number of hydrogen-bond donors (Lipinski definition) is 0. The van der Waals surface area contributed by atoms with E-state index in [0.717, 1.165) is 0 Å². The average molecular weight is 326 g/mol. The van der Waals surface area contributed by atoms with Crippen LogP contribution in [0.2, 0.25) is 0 Å². The molecule has 3 aromatic rings. The van der Waals surface area contributed by atoms with Crippen molar-refractivity contribution in [3.63, 3.8) is 0 Å². The zero-order chi connectivity index (χ0) is 16.4. The normalized spacial score (nSPS) is 11.8. The third-order valence-electron chi connectivity index (χ3n) is 2.80. The van der Waals surface area contributed by atoms with Crippen molar-refractivity contribution >= 4 is 0 Å². The van der Waals surface area contributed by atoms with Gasteiger partial charge in [-0.1, -0.05) is 22.4 Å². The number of hydrogen-bond acceptors (Lipinski definition) is 7. The Balaban J connectivity index is 1.82. The number of benzene rings is 1. The molecule has 0 aliphatic rings. The minimum atomic E-state index is -4.67. The zero-order valence-corrected chi connectivity index (χ0v) is 11.7. The largest absolute Gasteiger partial charge is 0.471 e. The second-order valence-corrected chi connectivity index (χ2v) is 4.45. The van der Waals surface area contributed by atoms with Gasteiger partial charge in [0.1, 0.15) is 6.61 Å². The van der Waals surface area contributed by atoms with E-state index < -0.39 is 12.1 Å². The minimum absolute atomic E-state index is 0.158. The molecule has 0 aliphatic heterocycles. The number of aromatic nitrogens is 4. The van der Waals surface area contributed by atoms with Gasteiger partial charge in [-0.25, -0.2) is 0 Å². The van der Waals surface area contributed by atoms with Crippen LogP contribution in [0.25, 0.3) is 22.8 Å². The van der Waals surface area contributed by atoms with E-state index in [1.54, 1.807) is 12.1 Å². The molecule has 2 aromatic heterocycles. The van der Waals surface area contributed by atoms with Gasteiger partial charge >= 0.3 is 12.1 Å². The van der Waals surface area contributed by atoms with E-state index in [9.17, 15) is 13.2 Å².